The maximum absolute atomic E-state index is 9.72. The summed E-state index contributed by atoms with van der Waals surface area (Å²) >= 11 is 0. The van der Waals surface area contributed by atoms with Crippen LogP contribution in [-0.4, -0.2) is 5.11 Å². The lowest BCUT2D eigenvalue weighted by Crippen LogP contribution is -2.19. The summed E-state index contributed by atoms with van der Waals surface area (Å²) in [6.07, 6.45) is 0. The largest absolute Gasteiger partial charge is 0.372 e. The molecule has 0 spiro atoms. The van der Waals surface area contributed by atoms with Gasteiger partial charge in [-0.2, -0.15) is 10.5 Å². The molecule has 0 saturated carbocycles. The Balaban J connectivity index is 3.36. The molecule has 3 heteroatoms. The van der Waals surface area contributed by atoms with E-state index < -0.39 is 5.60 Å². The quantitative estimate of drug-likeness (QED) is 0.677. The summed E-state index contributed by atoms with van der Waals surface area (Å²) in [6, 6.07) is 8.69. The van der Waals surface area contributed by atoms with Gasteiger partial charge in [0.1, 0.15) is 6.07 Å². The zero-order valence-corrected chi connectivity index (χ0v) is 8.07. The molecule has 1 atom stereocenters. The van der Waals surface area contributed by atoms with Crippen LogP contribution in [0, 0.1) is 29.6 Å². The predicted molar refractivity (Wildman–Crippen MR) is 51.1 cm³/mol. The first-order valence-electron chi connectivity index (χ1n) is 4.16. The molecule has 1 rings (SSSR count). The highest BCUT2D eigenvalue weighted by Gasteiger charge is 2.24. The Morgan fingerprint density at radius 3 is 2.50 bits per heavy atom. The molecule has 0 aliphatic carbocycles. The molecule has 0 heterocycles. The summed E-state index contributed by atoms with van der Waals surface area (Å²) in [4.78, 5) is 0. The average molecular weight is 186 g/mol. The molecule has 70 valence electrons. The molecular formula is C11H10N2O. The highest BCUT2D eigenvalue weighted by Crippen LogP contribution is 2.24. The van der Waals surface area contributed by atoms with E-state index in [1.807, 2.05) is 6.07 Å². The van der Waals surface area contributed by atoms with E-state index in [4.69, 9.17) is 10.5 Å². The van der Waals surface area contributed by atoms with Crippen molar-refractivity contribution in [1.29, 1.82) is 10.5 Å². The van der Waals surface area contributed by atoms with Gasteiger partial charge in [-0.3, -0.25) is 0 Å². The van der Waals surface area contributed by atoms with Gasteiger partial charge in [0.05, 0.1) is 11.6 Å². The van der Waals surface area contributed by atoms with Crippen molar-refractivity contribution >= 4 is 0 Å². The molecule has 1 unspecified atom stereocenters. The normalized spacial score (nSPS) is 13.8. The Hall–Kier alpha value is -1.84. The highest BCUT2D eigenvalue weighted by atomic mass is 16.3. The molecular weight excluding hydrogens is 176 g/mol. The first-order valence-corrected chi connectivity index (χ1v) is 4.16. The second-order valence-corrected chi connectivity index (χ2v) is 3.33. The number of benzene rings is 1. The smallest absolute Gasteiger partial charge is 0.174 e. The summed E-state index contributed by atoms with van der Waals surface area (Å²) < 4.78 is 0. The van der Waals surface area contributed by atoms with Gasteiger partial charge in [0.2, 0.25) is 0 Å². The molecule has 3 nitrogen and oxygen atoms in total. The highest BCUT2D eigenvalue weighted by molar-refractivity contribution is 5.42. The lowest BCUT2D eigenvalue weighted by molar-refractivity contribution is 0.119. The minimum Gasteiger partial charge on any atom is -0.372 e. The molecule has 14 heavy (non-hydrogen) atoms. The topological polar surface area (TPSA) is 67.8 Å². The number of aryl methyl sites for hydroxylation is 1. The first-order chi connectivity index (χ1) is 6.51. The van der Waals surface area contributed by atoms with E-state index in [0.717, 1.165) is 5.56 Å². The zero-order chi connectivity index (χ0) is 10.8. The molecule has 0 saturated heterocycles. The van der Waals surface area contributed by atoms with Gasteiger partial charge in [0.25, 0.3) is 0 Å². The van der Waals surface area contributed by atoms with Crippen LogP contribution in [0.4, 0.5) is 0 Å². The fourth-order valence-electron chi connectivity index (χ4n) is 1.28. The van der Waals surface area contributed by atoms with Crippen molar-refractivity contribution in [2.24, 2.45) is 0 Å². The van der Waals surface area contributed by atoms with Crippen molar-refractivity contribution in [2.75, 3.05) is 0 Å². The van der Waals surface area contributed by atoms with Crippen LogP contribution < -0.4 is 0 Å². The Kier molecular flexibility index (Phi) is 2.56. The van der Waals surface area contributed by atoms with E-state index in [9.17, 15) is 5.11 Å². The maximum Gasteiger partial charge on any atom is 0.174 e. The number of nitrogens with zero attached hydrogens (tertiary/aromatic N) is 2. The molecule has 0 fully saturated rings. The maximum atomic E-state index is 9.72. The second kappa shape index (κ2) is 3.49. The Bertz CT molecular complexity index is 436. The third kappa shape index (κ3) is 1.74. The Morgan fingerprint density at radius 2 is 2.00 bits per heavy atom. The average Bonchev–Trinajstić information content (AvgIpc) is 2.18. The molecule has 0 aliphatic heterocycles. The second-order valence-electron chi connectivity index (χ2n) is 3.33. The molecule has 0 aromatic heterocycles. The fraction of sp³-hybridized carbons (Fsp3) is 0.273. The molecule has 0 amide bonds. The van der Waals surface area contributed by atoms with E-state index in [-0.39, 0.29) is 0 Å². The summed E-state index contributed by atoms with van der Waals surface area (Å²) in [5.41, 5.74) is 0.201. The lowest BCUT2D eigenvalue weighted by atomic mass is 9.92. The standard InChI is InChI=1S/C11H10N2O/c1-8-3-4-9(6-12)5-10(8)11(2,14)7-13/h3-5,14H,1-2H3. The third-order valence-electron chi connectivity index (χ3n) is 2.11. The van der Waals surface area contributed by atoms with Crippen LogP contribution in [0.2, 0.25) is 0 Å². The van der Waals surface area contributed by atoms with Gasteiger partial charge in [-0.25, -0.2) is 0 Å². The zero-order valence-electron chi connectivity index (χ0n) is 8.07. The van der Waals surface area contributed by atoms with Crippen LogP contribution in [0.1, 0.15) is 23.6 Å². The SMILES string of the molecule is Cc1ccc(C#N)cc1C(C)(O)C#N. The Labute approximate surface area is 82.8 Å². The lowest BCUT2D eigenvalue weighted by Gasteiger charge is -2.17. The van der Waals surface area contributed by atoms with E-state index in [1.54, 1.807) is 31.2 Å². The molecule has 0 bridgehead atoms. The fourth-order valence-corrected chi connectivity index (χ4v) is 1.28. The van der Waals surface area contributed by atoms with Crippen LogP contribution in [0.3, 0.4) is 0 Å². The van der Waals surface area contributed by atoms with E-state index in [2.05, 4.69) is 0 Å². The van der Waals surface area contributed by atoms with Crippen LogP contribution in [0.15, 0.2) is 18.2 Å². The van der Waals surface area contributed by atoms with Gasteiger partial charge in [-0.15, -0.1) is 0 Å². The van der Waals surface area contributed by atoms with E-state index in [0.29, 0.717) is 11.1 Å². The van der Waals surface area contributed by atoms with Crippen molar-refractivity contribution < 1.29 is 5.11 Å². The van der Waals surface area contributed by atoms with Crippen LogP contribution >= 0.6 is 0 Å². The van der Waals surface area contributed by atoms with Gasteiger partial charge in [-0.05, 0) is 31.5 Å². The van der Waals surface area contributed by atoms with Gasteiger partial charge in [-0.1, -0.05) is 6.07 Å². The molecule has 1 aromatic carbocycles. The monoisotopic (exact) mass is 186 g/mol. The summed E-state index contributed by atoms with van der Waals surface area (Å²) in [5, 5.41) is 27.2. The van der Waals surface area contributed by atoms with Crippen molar-refractivity contribution in [3.8, 4) is 12.1 Å². The summed E-state index contributed by atoms with van der Waals surface area (Å²) in [5.74, 6) is 0. The molecule has 0 radical (unpaired) electrons. The van der Waals surface area contributed by atoms with Crippen LogP contribution in [-0.2, 0) is 5.60 Å². The minimum absolute atomic E-state index is 0.445. The third-order valence-corrected chi connectivity index (χ3v) is 2.11. The predicted octanol–water partition coefficient (Wildman–Crippen LogP) is 1.60. The number of hydrogen-bond acceptors (Lipinski definition) is 3. The molecule has 0 aliphatic rings. The van der Waals surface area contributed by atoms with Gasteiger partial charge < -0.3 is 5.11 Å². The van der Waals surface area contributed by atoms with E-state index >= 15 is 0 Å². The van der Waals surface area contributed by atoms with Gasteiger partial charge in [0, 0.05) is 5.56 Å². The molecule has 1 aromatic rings. The van der Waals surface area contributed by atoms with Gasteiger partial charge in [0.15, 0.2) is 5.60 Å². The molecule has 1 N–H and O–H groups in total. The van der Waals surface area contributed by atoms with Crippen LogP contribution in [0.5, 0.6) is 0 Å². The Morgan fingerprint density at radius 1 is 1.36 bits per heavy atom. The number of aliphatic hydroxyl groups is 1. The number of nitriles is 2. The van der Waals surface area contributed by atoms with Crippen LogP contribution in [0.25, 0.3) is 0 Å². The van der Waals surface area contributed by atoms with Crippen molar-refractivity contribution in [3.63, 3.8) is 0 Å². The van der Waals surface area contributed by atoms with Gasteiger partial charge >= 0.3 is 0 Å². The first kappa shape index (κ1) is 10.2. The summed E-state index contributed by atoms with van der Waals surface area (Å²) in [7, 11) is 0. The summed E-state index contributed by atoms with van der Waals surface area (Å²) in [6.45, 7) is 3.21. The number of hydrogen-bond donors (Lipinski definition) is 1. The van der Waals surface area contributed by atoms with Crippen molar-refractivity contribution in [3.05, 3.63) is 34.9 Å². The van der Waals surface area contributed by atoms with Crippen molar-refractivity contribution in [2.45, 2.75) is 19.4 Å². The van der Waals surface area contributed by atoms with E-state index in [1.165, 1.54) is 6.92 Å². The number of rotatable bonds is 1. The van der Waals surface area contributed by atoms with Crippen molar-refractivity contribution in [1.82, 2.24) is 0 Å². The minimum atomic E-state index is -1.53.